The molecule has 0 radical (unpaired) electrons. The van der Waals surface area contributed by atoms with Crippen molar-refractivity contribution in [3.05, 3.63) is 82.0 Å². The number of hydrogen-bond donors (Lipinski definition) is 1. The molecule has 0 saturated heterocycles. The fourth-order valence-corrected chi connectivity index (χ4v) is 4.42. The van der Waals surface area contributed by atoms with E-state index in [1.54, 1.807) is 12.1 Å². The highest BCUT2D eigenvalue weighted by molar-refractivity contribution is 7.17. The van der Waals surface area contributed by atoms with E-state index in [0.29, 0.717) is 15.8 Å². The molecule has 0 atom stereocenters. The molecule has 4 rings (SSSR count). The molecular weight excluding hydrogens is 413 g/mol. The van der Waals surface area contributed by atoms with Crippen LogP contribution in [-0.2, 0) is 16.8 Å². The molecule has 1 N–H and O–H groups in total. The number of rotatable bonds is 4. The van der Waals surface area contributed by atoms with Crippen molar-refractivity contribution in [2.24, 2.45) is 0 Å². The van der Waals surface area contributed by atoms with E-state index in [9.17, 15) is 14.0 Å². The molecule has 5 nitrogen and oxygen atoms in total. The number of nitrogens with zero attached hydrogens (tertiary/aromatic N) is 2. The van der Waals surface area contributed by atoms with Crippen molar-refractivity contribution in [1.29, 1.82) is 0 Å². The zero-order valence-corrected chi connectivity index (χ0v) is 18.3. The summed E-state index contributed by atoms with van der Waals surface area (Å²) in [7, 11) is 0. The lowest BCUT2D eigenvalue weighted by atomic mass is 9.86. The third-order valence-electron chi connectivity index (χ3n) is 5.04. The number of carbonyl (C=O) groups is 1. The second-order valence-electron chi connectivity index (χ2n) is 8.36. The lowest BCUT2D eigenvalue weighted by Gasteiger charge is -2.23. The number of para-hydroxylation sites is 1. The van der Waals surface area contributed by atoms with Crippen LogP contribution in [0.4, 0.5) is 10.1 Å². The summed E-state index contributed by atoms with van der Waals surface area (Å²) in [4.78, 5) is 30.8. The summed E-state index contributed by atoms with van der Waals surface area (Å²) in [6, 6.07) is 13.6. The molecule has 0 aliphatic carbocycles. The number of benzene rings is 2. The first kappa shape index (κ1) is 20.9. The number of carbonyl (C=O) groups excluding carboxylic acids is 1. The van der Waals surface area contributed by atoms with Gasteiger partial charge in [-0.3, -0.25) is 14.2 Å². The van der Waals surface area contributed by atoms with Gasteiger partial charge in [0.1, 0.15) is 17.2 Å². The van der Waals surface area contributed by atoms with Crippen molar-refractivity contribution in [3.63, 3.8) is 0 Å². The molecule has 0 aliphatic heterocycles. The van der Waals surface area contributed by atoms with Crippen molar-refractivity contribution >= 4 is 33.1 Å². The summed E-state index contributed by atoms with van der Waals surface area (Å²) in [5.41, 5.74) is 2.72. The Morgan fingerprint density at radius 1 is 1.13 bits per heavy atom. The van der Waals surface area contributed by atoms with Crippen LogP contribution in [0.3, 0.4) is 0 Å². The summed E-state index contributed by atoms with van der Waals surface area (Å²) < 4.78 is 14.6. The van der Waals surface area contributed by atoms with Gasteiger partial charge in [-0.15, -0.1) is 11.3 Å². The molecule has 2 heterocycles. The molecule has 0 fully saturated rings. The van der Waals surface area contributed by atoms with Gasteiger partial charge in [-0.1, -0.05) is 51.1 Å². The van der Waals surface area contributed by atoms with Crippen LogP contribution in [0.15, 0.2) is 65.0 Å². The van der Waals surface area contributed by atoms with E-state index in [1.807, 2.05) is 29.6 Å². The quantitative estimate of drug-likeness (QED) is 0.479. The standard InChI is InChI=1S/C24H22FN3O2S/c1-24(2,3)18-6-4-5-7-19(18)27-20(29)12-28-14-26-22-21(23(28)30)17(13-31-22)15-8-10-16(25)11-9-15/h4-11,13-14H,12H2,1-3H3,(H,27,29). The molecule has 1 amide bonds. The molecule has 0 spiro atoms. The van der Waals surface area contributed by atoms with Crippen LogP contribution in [0, 0.1) is 5.82 Å². The Balaban J connectivity index is 1.65. The molecular formula is C24H22FN3O2S. The van der Waals surface area contributed by atoms with Crippen LogP contribution in [0.25, 0.3) is 21.3 Å². The first-order chi connectivity index (χ1) is 14.7. The monoisotopic (exact) mass is 435 g/mol. The van der Waals surface area contributed by atoms with Crippen molar-refractivity contribution in [2.75, 3.05) is 5.32 Å². The summed E-state index contributed by atoms with van der Waals surface area (Å²) in [5.74, 6) is -0.649. The van der Waals surface area contributed by atoms with E-state index in [-0.39, 0.29) is 29.2 Å². The van der Waals surface area contributed by atoms with Crippen LogP contribution in [0.1, 0.15) is 26.3 Å². The summed E-state index contributed by atoms with van der Waals surface area (Å²) in [6.45, 7) is 6.08. The fraction of sp³-hybridized carbons (Fsp3) is 0.208. The first-order valence-electron chi connectivity index (χ1n) is 9.86. The maximum absolute atomic E-state index is 13.3. The molecule has 2 aromatic carbocycles. The number of fused-ring (bicyclic) bond motifs is 1. The third-order valence-corrected chi connectivity index (χ3v) is 5.93. The minimum atomic E-state index is -0.342. The van der Waals surface area contributed by atoms with Gasteiger partial charge in [0.15, 0.2) is 0 Å². The van der Waals surface area contributed by atoms with Crippen LogP contribution < -0.4 is 10.9 Å². The van der Waals surface area contributed by atoms with Gasteiger partial charge in [-0.2, -0.15) is 0 Å². The molecule has 31 heavy (non-hydrogen) atoms. The van der Waals surface area contributed by atoms with Gasteiger partial charge >= 0.3 is 0 Å². The number of nitrogens with one attached hydrogen (secondary N) is 1. The van der Waals surface area contributed by atoms with Crippen LogP contribution in [0.2, 0.25) is 0 Å². The Kier molecular flexibility index (Phi) is 5.45. The maximum Gasteiger partial charge on any atom is 0.263 e. The van der Waals surface area contributed by atoms with E-state index in [2.05, 4.69) is 31.1 Å². The minimum Gasteiger partial charge on any atom is -0.324 e. The fourth-order valence-electron chi connectivity index (χ4n) is 3.51. The average Bonchev–Trinajstić information content (AvgIpc) is 3.15. The number of hydrogen-bond acceptors (Lipinski definition) is 4. The maximum atomic E-state index is 13.3. The zero-order chi connectivity index (χ0) is 22.2. The molecule has 0 saturated carbocycles. The topological polar surface area (TPSA) is 64.0 Å². The van der Waals surface area contributed by atoms with E-state index >= 15 is 0 Å². The molecule has 0 bridgehead atoms. The SMILES string of the molecule is CC(C)(C)c1ccccc1NC(=O)Cn1cnc2scc(-c3ccc(F)cc3)c2c1=O. The Hall–Kier alpha value is -3.32. The average molecular weight is 436 g/mol. The Morgan fingerprint density at radius 3 is 2.55 bits per heavy atom. The van der Waals surface area contributed by atoms with Gasteiger partial charge < -0.3 is 5.32 Å². The van der Waals surface area contributed by atoms with E-state index < -0.39 is 0 Å². The summed E-state index contributed by atoms with van der Waals surface area (Å²) >= 11 is 1.34. The van der Waals surface area contributed by atoms with Crippen molar-refractivity contribution in [2.45, 2.75) is 32.7 Å². The molecule has 158 valence electrons. The van der Waals surface area contributed by atoms with Crippen LogP contribution in [-0.4, -0.2) is 15.5 Å². The molecule has 7 heteroatoms. The van der Waals surface area contributed by atoms with E-state index in [4.69, 9.17) is 0 Å². The Morgan fingerprint density at radius 2 is 1.84 bits per heavy atom. The third kappa shape index (κ3) is 4.27. The largest absolute Gasteiger partial charge is 0.324 e. The van der Waals surface area contributed by atoms with Gasteiger partial charge in [0.2, 0.25) is 5.91 Å². The molecule has 2 aromatic heterocycles. The van der Waals surface area contributed by atoms with Gasteiger partial charge in [0, 0.05) is 16.6 Å². The summed E-state index contributed by atoms with van der Waals surface area (Å²) in [5, 5.41) is 5.18. The van der Waals surface area contributed by atoms with Crippen molar-refractivity contribution in [3.8, 4) is 11.1 Å². The van der Waals surface area contributed by atoms with Crippen molar-refractivity contribution in [1.82, 2.24) is 9.55 Å². The lowest BCUT2D eigenvalue weighted by molar-refractivity contribution is -0.116. The second-order valence-corrected chi connectivity index (χ2v) is 9.22. The highest BCUT2D eigenvalue weighted by atomic mass is 32.1. The number of amides is 1. The van der Waals surface area contributed by atoms with Gasteiger partial charge in [-0.05, 0) is 34.7 Å². The predicted octanol–water partition coefficient (Wildman–Crippen LogP) is 5.20. The highest BCUT2D eigenvalue weighted by Crippen LogP contribution is 2.31. The predicted molar refractivity (Wildman–Crippen MR) is 123 cm³/mol. The molecule has 0 aliphatic rings. The van der Waals surface area contributed by atoms with Gasteiger partial charge in [0.25, 0.3) is 5.56 Å². The highest BCUT2D eigenvalue weighted by Gasteiger charge is 2.19. The Labute approximate surface area is 183 Å². The minimum absolute atomic E-state index is 0.137. The number of anilines is 1. The number of aromatic nitrogens is 2. The zero-order valence-electron chi connectivity index (χ0n) is 17.5. The van der Waals surface area contributed by atoms with Crippen molar-refractivity contribution < 1.29 is 9.18 Å². The lowest BCUT2D eigenvalue weighted by Crippen LogP contribution is -2.28. The molecule has 0 unspecified atom stereocenters. The smallest absolute Gasteiger partial charge is 0.263 e. The second kappa shape index (κ2) is 8.07. The number of halogens is 1. The van der Waals surface area contributed by atoms with Gasteiger partial charge in [0.05, 0.1) is 11.7 Å². The summed E-state index contributed by atoms with van der Waals surface area (Å²) in [6.07, 6.45) is 1.39. The van der Waals surface area contributed by atoms with Gasteiger partial charge in [-0.25, -0.2) is 9.37 Å². The van der Waals surface area contributed by atoms with Crippen LogP contribution >= 0.6 is 11.3 Å². The number of thiophene rings is 1. The molecule has 4 aromatic rings. The normalized spacial score (nSPS) is 11.6. The first-order valence-corrected chi connectivity index (χ1v) is 10.7. The van der Waals surface area contributed by atoms with E-state index in [1.165, 1.54) is 34.4 Å². The van der Waals surface area contributed by atoms with E-state index in [0.717, 1.165) is 16.8 Å². The Bertz CT molecular complexity index is 1320. The van der Waals surface area contributed by atoms with Crippen LogP contribution in [0.5, 0.6) is 0 Å².